The molecule has 1 aliphatic rings. The zero-order valence-electron chi connectivity index (χ0n) is 15.9. The van der Waals surface area contributed by atoms with Gasteiger partial charge in [-0.15, -0.1) is 4.99 Å². The lowest BCUT2D eigenvalue weighted by molar-refractivity contribution is -0.0520. The van der Waals surface area contributed by atoms with E-state index in [0.29, 0.717) is 18.8 Å². The Kier molecular flexibility index (Phi) is 4.05. The maximum atomic E-state index is 9.29. The van der Waals surface area contributed by atoms with Gasteiger partial charge in [-0.05, 0) is 37.3 Å². The fourth-order valence-electron chi connectivity index (χ4n) is 3.82. The van der Waals surface area contributed by atoms with Crippen molar-refractivity contribution in [2.24, 2.45) is 12.0 Å². The Labute approximate surface area is 175 Å². The lowest BCUT2D eigenvalue weighted by Gasteiger charge is -2.37. The second-order valence-electron chi connectivity index (χ2n) is 7.51. The molecule has 0 bridgehead atoms. The van der Waals surface area contributed by atoms with Gasteiger partial charge in [0.1, 0.15) is 0 Å². The topological polar surface area (TPSA) is 81.0 Å². The van der Waals surface area contributed by atoms with Crippen LogP contribution in [0.1, 0.15) is 12.6 Å². The molecule has 5 rings (SSSR count). The van der Waals surface area contributed by atoms with Crippen molar-refractivity contribution in [3.63, 3.8) is 0 Å². The molecule has 144 valence electrons. The number of ether oxygens (including phenoxy) is 1. The molecule has 0 N–H and O–H groups in total. The van der Waals surface area contributed by atoms with Gasteiger partial charge in [0.05, 0.1) is 59.0 Å². The average Bonchev–Trinajstić information content (AvgIpc) is 2.99. The van der Waals surface area contributed by atoms with E-state index in [1.807, 2.05) is 65.1 Å². The smallest absolute Gasteiger partial charge is 0.226 e. The van der Waals surface area contributed by atoms with Gasteiger partial charge in [0, 0.05) is 16.9 Å². The molecule has 0 amide bonds. The molecule has 0 unspecified atom stereocenters. The van der Waals surface area contributed by atoms with Crippen molar-refractivity contribution in [2.75, 3.05) is 13.2 Å². The Hall–Kier alpha value is -3.02. The molecule has 8 heteroatoms. The van der Waals surface area contributed by atoms with E-state index in [-0.39, 0.29) is 5.41 Å². The third kappa shape index (κ3) is 2.69. The summed E-state index contributed by atoms with van der Waals surface area (Å²) in [7, 11) is 1.88. The number of hydrogen-bond donors (Lipinski definition) is 0. The van der Waals surface area contributed by atoms with E-state index in [0.717, 1.165) is 37.8 Å². The number of aromatic nitrogens is 4. The number of benzene rings is 1. The maximum Gasteiger partial charge on any atom is 0.226 e. The van der Waals surface area contributed by atoms with Crippen LogP contribution in [0, 0.1) is 11.5 Å². The van der Waals surface area contributed by atoms with Gasteiger partial charge >= 0.3 is 0 Å². The zero-order chi connectivity index (χ0) is 20.2. The van der Waals surface area contributed by atoms with Crippen LogP contribution in [0.2, 0.25) is 0 Å². The molecule has 3 aromatic heterocycles. The predicted octanol–water partition coefficient (Wildman–Crippen LogP) is 3.34. The Morgan fingerprint density at radius 1 is 1.21 bits per heavy atom. The number of rotatable bonds is 2. The molecular formula is C21H17BrN6O. The van der Waals surface area contributed by atoms with E-state index in [4.69, 9.17) is 9.72 Å². The highest BCUT2D eigenvalue weighted by Crippen LogP contribution is 2.31. The van der Waals surface area contributed by atoms with Gasteiger partial charge in [0.2, 0.25) is 11.8 Å². The third-order valence-corrected chi connectivity index (χ3v) is 5.98. The van der Waals surface area contributed by atoms with Crippen LogP contribution >= 0.6 is 15.9 Å². The minimum absolute atomic E-state index is 0.0384. The van der Waals surface area contributed by atoms with Crippen molar-refractivity contribution in [1.82, 2.24) is 19.1 Å². The molecule has 1 aromatic carbocycles. The van der Waals surface area contributed by atoms with E-state index in [9.17, 15) is 5.26 Å². The van der Waals surface area contributed by atoms with Gasteiger partial charge in [-0.3, -0.25) is 14.5 Å². The van der Waals surface area contributed by atoms with Crippen LogP contribution in [0.3, 0.4) is 0 Å². The van der Waals surface area contributed by atoms with E-state index in [2.05, 4.69) is 32.8 Å². The summed E-state index contributed by atoms with van der Waals surface area (Å²) < 4.78 is 10.2. The van der Waals surface area contributed by atoms with Crippen molar-refractivity contribution >= 4 is 37.9 Å². The number of nitriles is 1. The minimum atomic E-state index is -0.0384. The number of aryl methyl sites for hydroxylation is 1. The van der Waals surface area contributed by atoms with Gasteiger partial charge in [0.25, 0.3) is 0 Å². The molecule has 1 saturated heterocycles. The monoisotopic (exact) mass is 448 g/mol. The van der Waals surface area contributed by atoms with Crippen LogP contribution in [0.15, 0.2) is 52.2 Å². The van der Waals surface area contributed by atoms with Gasteiger partial charge in [-0.1, -0.05) is 15.9 Å². The summed E-state index contributed by atoms with van der Waals surface area (Å²) in [5, 5.41) is 10.3. The summed E-state index contributed by atoms with van der Waals surface area (Å²) in [6, 6.07) is 10.0. The summed E-state index contributed by atoms with van der Waals surface area (Å²) in [6.07, 6.45) is 5.57. The number of fused-ring (bicyclic) bond motifs is 3. The molecule has 29 heavy (non-hydrogen) atoms. The molecule has 0 spiro atoms. The minimum Gasteiger partial charge on any atom is -0.379 e. The maximum absolute atomic E-state index is 9.29. The first kappa shape index (κ1) is 18.0. The molecule has 1 aliphatic heterocycles. The fourth-order valence-corrected chi connectivity index (χ4v) is 4.19. The van der Waals surface area contributed by atoms with E-state index in [1.54, 1.807) is 0 Å². The van der Waals surface area contributed by atoms with Crippen molar-refractivity contribution in [3.05, 3.63) is 58.5 Å². The summed E-state index contributed by atoms with van der Waals surface area (Å²) in [6.45, 7) is 3.51. The van der Waals surface area contributed by atoms with Crippen molar-refractivity contribution in [1.29, 1.82) is 5.26 Å². The molecular weight excluding hydrogens is 432 g/mol. The average molecular weight is 449 g/mol. The highest BCUT2D eigenvalue weighted by atomic mass is 79.9. The van der Waals surface area contributed by atoms with E-state index >= 15 is 0 Å². The Morgan fingerprint density at radius 3 is 2.69 bits per heavy atom. The normalized spacial score (nSPS) is 16.1. The van der Waals surface area contributed by atoms with Crippen molar-refractivity contribution in [3.8, 4) is 11.9 Å². The second kappa shape index (κ2) is 6.51. The van der Waals surface area contributed by atoms with Crippen LogP contribution in [0.25, 0.3) is 27.6 Å². The zero-order valence-corrected chi connectivity index (χ0v) is 17.5. The summed E-state index contributed by atoms with van der Waals surface area (Å²) in [5.74, 6) is 0. The van der Waals surface area contributed by atoms with E-state index in [1.165, 1.54) is 0 Å². The SMILES string of the molecule is Cn1c(=NC#N)n(-c2ccc(C3(C)COC3)nc2)c2c3cc(Br)ccc3ncc21. The fraction of sp³-hybridized carbons (Fsp3) is 0.238. The summed E-state index contributed by atoms with van der Waals surface area (Å²) in [4.78, 5) is 13.4. The molecule has 7 nitrogen and oxygen atoms in total. The Bertz CT molecular complexity index is 1370. The van der Waals surface area contributed by atoms with Crippen molar-refractivity contribution in [2.45, 2.75) is 12.3 Å². The first-order chi connectivity index (χ1) is 14.0. The molecule has 0 saturated carbocycles. The highest BCUT2D eigenvalue weighted by molar-refractivity contribution is 9.10. The first-order valence-electron chi connectivity index (χ1n) is 9.15. The third-order valence-electron chi connectivity index (χ3n) is 5.48. The van der Waals surface area contributed by atoms with Gasteiger partial charge in [-0.2, -0.15) is 5.26 Å². The molecule has 1 fully saturated rings. The quantitative estimate of drug-likeness (QED) is 0.440. The Morgan fingerprint density at radius 2 is 2.03 bits per heavy atom. The lowest BCUT2D eigenvalue weighted by atomic mass is 9.84. The second-order valence-corrected chi connectivity index (χ2v) is 8.43. The van der Waals surface area contributed by atoms with Crippen LogP contribution in [-0.4, -0.2) is 32.3 Å². The highest BCUT2D eigenvalue weighted by Gasteiger charge is 2.36. The predicted molar refractivity (Wildman–Crippen MR) is 112 cm³/mol. The van der Waals surface area contributed by atoms with Crippen LogP contribution < -0.4 is 5.62 Å². The van der Waals surface area contributed by atoms with Gasteiger partial charge in [-0.25, -0.2) is 0 Å². The first-order valence-corrected chi connectivity index (χ1v) is 9.94. The number of pyridine rings is 2. The van der Waals surface area contributed by atoms with E-state index < -0.39 is 0 Å². The number of hydrogen-bond acceptors (Lipinski definition) is 5. The standard InChI is InChI=1S/C21H17BrN6O/c1-21(10-29-11-21)18-6-4-14(8-25-18)28-19-15-7-13(22)3-5-16(15)24-9-17(19)27(2)20(28)26-12-23/h3-9H,10-11H2,1-2H3. The molecule has 4 aromatic rings. The van der Waals surface area contributed by atoms with Gasteiger partial charge in [0.15, 0.2) is 0 Å². The van der Waals surface area contributed by atoms with Crippen molar-refractivity contribution < 1.29 is 4.74 Å². The van der Waals surface area contributed by atoms with Gasteiger partial charge < -0.3 is 9.30 Å². The summed E-state index contributed by atoms with van der Waals surface area (Å²) in [5.41, 5.74) is 5.00. The largest absolute Gasteiger partial charge is 0.379 e. The summed E-state index contributed by atoms with van der Waals surface area (Å²) >= 11 is 3.56. The molecule has 4 heterocycles. The molecule has 0 aliphatic carbocycles. The van der Waals surface area contributed by atoms with Crippen LogP contribution in [0.5, 0.6) is 0 Å². The molecule has 0 atom stereocenters. The van der Waals surface area contributed by atoms with Crippen LogP contribution in [-0.2, 0) is 17.2 Å². The Balaban J connectivity index is 1.84. The lowest BCUT2D eigenvalue weighted by Crippen LogP contribution is -2.44. The number of imidazole rings is 1. The van der Waals surface area contributed by atoms with Crippen LogP contribution in [0.4, 0.5) is 0 Å². The molecule has 0 radical (unpaired) electrons. The number of nitrogens with zero attached hydrogens (tertiary/aromatic N) is 6. The number of halogens is 1.